The fourth-order valence-corrected chi connectivity index (χ4v) is 4.46. The van der Waals surface area contributed by atoms with Crippen molar-refractivity contribution in [2.75, 3.05) is 13.1 Å². The minimum atomic E-state index is -1.19. The molecule has 178 valence electrons. The van der Waals surface area contributed by atoms with Gasteiger partial charge in [-0.25, -0.2) is 0 Å². The molecule has 1 saturated heterocycles. The molecule has 8 nitrogen and oxygen atoms in total. The third-order valence-corrected chi connectivity index (χ3v) is 6.44. The van der Waals surface area contributed by atoms with E-state index in [9.17, 15) is 24.6 Å². The summed E-state index contributed by atoms with van der Waals surface area (Å²) in [5.41, 5.74) is 1.79. The Morgan fingerprint density at radius 1 is 1.09 bits per heavy atom. The van der Waals surface area contributed by atoms with E-state index in [1.54, 1.807) is 24.3 Å². The number of H-pyrrole nitrogens is 1. The van der Waals surface area contributed by atoms with Crippen LogP contribution in [0.2, 0.25) is 5.02 Å². The predicted octanol–water partition coefficient (Wildman–Crippen LogP) is 2.85. The molecule has 4 rings (SSSR count). The van der Waals surface area contributed by atoms with E-state index < -0.39 is 35.8 Å². The number of fused-ring (bicyclic) bond motifs is 1. The number of aromatic amines is 1. The van der Waals surface area contributed by atoms with Gasteiger partial charge in [0.25, 0.3) is 5.91 Å². The van der Waals surface area contributed by atoms with Gasteiger partial charge in [0.05, 0.1) is 12.0 Å². The van der Waals surface area contributed by atoms with Crippen LogP contribution in [0.15, 0.2) is 54.6 Å². The average molecular weight is 484 g/mol. The lowest BCUT2D eigenvalue weighted by Gasteiger charge is -2.34. The second-order valence-electron chi connectivity index (χ2n) is 8.56. The molecule has 1 fully saturated rings. The van der Waals surface area contributed by atoms with Gasteiger partial charge in [0.15, 0.2) is 0 Å². The fraction of sp³-hybridized carbons (Fsp3) is 0.320. The van der Waals surface area contributed by atoms with Crippen molar-refractivity contribution in [3.8, 4) is 0 Å². The molecule has 4 N–H and O–H groups in total. The van der Waals surface area contributed by atoms with Crippen molar-refractivity contribution in [1.82, 2.24) is 15.2 Å². The summed E-state index contributed by atoms with van der Waals surface area (Å²) in [6.45, 7) is 0.510. The molecule has 0 radical (unpaired) electrons. The molecule has 1 aliphatic rings. The number of amides is 2. The molecule has 1 aliphatic heterocycles. The first kappa shape index (κ1) is 23.8. The number of carbonyl (C=O) groups excluding carboxylic acids is 2. The Bertz CT molecular complexity index is 1190. The Hall–Kier alpha value is -3.36. The molecule has 0 spiro atoms. The number of likely N-dealkylation sites (tertiary alicyclic amines) is 1. The maximum absolute atomic E-state index is 13.4. The summed E-state index contributed by atoms with van der Waals surface area (Å²) in [4.78, 5) is 42.2. The second kappa shape index (κ2) is 10.3. The molecular formula is C25H26ClN3O5. The van der Waals surface area contributed by atoms with E-state index in [4.69, 9.17) is 11.6 Å². The van der Waals surface area contributed by atoms with Crippen LogP contribution in [-0.2, 0) is 16.0 Å². The molecule has 2 aromatic carbocycles. The maximum Gasteiger partial charge on any atom is 0.306 e. The Morgan fingerprint density at radius 2 is 1.79 bits per heavy atom. The van der Waals surface area contributed by atoms with Crippen LogP contribution in [0.3, 0.4) is 0 Å². The molecule has 0 aliphatic carbocycles. The normalized spacial score (nSPS) is 16.2. The van der Waals surface area contributed by atoms with E-state index in [1.165, 1.54) is 4.90 Å². The Balaban J connectivity index is 1.54. The van der Waals surface area contributed by atoms with Crippen LogP contribution < -0.4 is 5.32 Å². The van der Waals surface area contributed by atoms with E-state index in [2.05, 4.69) is 10.3 Å². The van der Waals surface area contributed by atoms with Crippen molar-refractivity contribution in [2.24, 2.45) is 5.92 Å². The third-order valence-electron chi connectivity index (χ3n) is 6.21. The summed E-state index contributed by atoms with van der Waals surface area (Å²) in [6, 6.07) is 14.8. The van der Waals surface area contributed by atoms with Gasteiger partial charge in [-0.3, -0.25) is 14.4 Å². The number of nitrogens with zero attached hydrogens (tertiary/aromatic N) is 1. The summed E-state index contributed by atoms with van der Waals surface area (Å²) in [7, 11) is 0. The SMILES string of the molecule is O=C(N[C@@H](C(=O)N1CCC(C(=O)O)CC1)[C@@H](O)Cc1ccccc1)c1cc2cc(Cl)ccc2[nH]1. The number of hydrogen-bond acceptors (Lipinski definition) is 4. The van der Waals surface area contributed by atoms with E-state index in [1.807, 2.05) is 30.3 Å². The fourth-order valence-electron chi connectivity index (χ4n) is 4.28. The number of halogens is 1. The molecule has 2 amide bonds. The molecule has 3 aromatic rings. The van der Waals surface area contributed by atoms with Crippen LogP contribution in [-0.4, -0.2) is 63.1 Å². The van der Waals surface area contributed by atoms with Gasteiger partial charge in [-0.15, -0.1) is 0 Å². The number of hydrogen-bond donors (Lipinski definition) is 4. The van der Waals surface area contributed by atoms with Crippen LogP contribution in [0.4, 0.5) is 0 Å². The zero-order valence-corrected chi connectivity index (χ0v) is 19.2. The molecule has 0 bridgehead atoms. The largest absolute Gasteiger partial charge is 0.481 e. The first-order valence-corrected chi connectivity index (χ1v) is 11.5. The Kier molecular flexibility index (Phi) is 7.19. The molecule has 1 aromatic heterocycles. The number of carboxylic acids is 1. The van der Waals surface area contributed by atoms with E-state index in [-0.39, 0.29) is 25.2 Å². The quantitative estimate of drug-likeness (QED) is 0.411. The van der Waals surface area contributed by atoms with Crippen LogP contribution >= 0.6 is 11.6 Å². The third kappa shape index (κ3) is 5.40. The number of benzene rings is 2. The Morgan fingerprint density at radius 3 is 2.47 bits per heavy atom. The molecule has 0 saturated carbocycles. The number of aromatic nitrogens is 1. The zero-order chi connectivity index (χ0) is 24.2. The summed E-state index contributed by atoms with van der Waals surface area (Å²) in [6.07, 6.45) is -0.334. The molecular weight excluding hydrogens is 458 g/mol. The van der Waals surface area contributed by atoms with Gasteiger partial charge in [-0.05, 0) is 42.7 Å². The lowest BCUT2D eigenvalue weighted by atomic mass is 9.95. The number of aliphatic hydroxyl groups is 1. The predicted molar refractivity (Wildman–Crippen MR) is 128 cm³/mol. The van der Waals surface area contributed by atoms with Crippen LogP contribution in [0.5, 0.6) is 0 Å². The highest BCUT2D eigenvalue weighted by molar-refractivity contribution is 6.31. The number of rotatable bonds is 7. The van der Waals surface area contributed by atoms with E-state index in [0.29, 0.717) is 17.9 Å². The van der Waals surface area contributed by atoms with E-state index in [0.717, 1.165) is 16.5 Å². The van der Waals surface area contributed by atoms with Crippen molar-refractivity contribution >= 4 is 40.3 Å². The molecule has 34 heavy (non-hydrogen) atoms. The highest BCUT2D eigenvalue weighted by atomic mass is 35.5. The van der Waals surface area contributed by atoms with Crippen molar-refractivity contribution in [3.63, 3.8) is 0 Å². The lowest BCUT2D eigenvalue weighted by molar-refractivity contribution is -0.146. The zero-order valence-electron chi connectivity index (χ0n) is 18.4. The van der Waals surface area contributed by atoms with Crippen LogP contribution in [0.25, 0.3) is 10.9 Å². The van der Waals surface area contributed by atoms with Crippen LogP contribution in [0.1, 0.15) is 28.9 Å². The Labute approximate surface area is 201 Å². The number of piperidine rings is 1. The monoisotopic (exact) mass is 483 g/mol. The van der Waals surface area contributed by atoms with Gasteiger partial charge < -0.3 is 25.4 Å². The summed E-state index contributed by atoms with van der Waals surface area (Å²) in [5.74, 6) is -2.33. The second-order valence-corrected chi connectivity index (χ2v) is 9.00. The summed E-state index contributed by atoms with van der Waals surface area (Å²) in [5, 5.41) is 24.2. The van der Waals surface area contributed by atoms with Gasteiger partial charge >= 0.3 is 5.97 Å². The molecule has 9 heteroatoms. The number of carbonyl (C=O) groups is 3. The summed E-state index contributed by atoms with van der Waals surface area (Å²) >= 11 is 6.03. The van der Waals surface area contributed by atoms with Gasteiger partial charge in [0, 0.05) is 35.4 Å². The minimum Gasteiger partial charge on any atom is -0.481 e. The van der Waals surface area contributed by atoms with Gasteiger partial charge in [-0.2, -0.15) is 0 Å². The van der Waals surface area contributed by atoms with Gasteiger partial charge in [0.2, 0.25) is 5.91 Å². The minimum absolute atomic E-state index is 0.172. The highest BCUT2D eigenvalue weighted by Crippen LogP contribution is 2.22. The smallest absolute Gasteiger partial charge is 0.306 e. The molecule has 0 unspecified atom stereocenters. The van der Waals surface area contributed by atoms with E-state index >= 15 is 0 Å². The van der Waals surface area contributed by atoms with Crippen molar-refractivity contribution < 1.29 is 24.6 Å². The van der Waals surface area contributed by atoms with Crippen molar-refractivity contribution in [1.29, 1.82) is 0 Å². The van der Waals surface area contributed by atoms with Crippen molar-refractivity contribution in [2.45, 2.75) is 31.4 Å². The molecule has 2 heterocycles. The van der Waals surface area contributed by atoms with Gasteiger partial charge in [0.1, 0.15) is 11.7 Å². The first-order valence-electron chi connectivity index (χ1n) is 11.1. The first-order chi connectivity index (χ1) is 16.3. The lowest BCUT2D eigenvalue weighted by Crippen LogP contribution is -2.56. The number of nitrogens with one attached hydrogen (secondary N) is 2. The summed E-state index contributed by atoms with van der Waals surface area (Å²) < 4.78 is 0. The molecule has 2 atom stereocenters. The van der Waals surface area contributed by atoms with Crippen LogP contribution in [0, 0.1) is 5.92 Å². The maximum atomic E-state index is 13.4. The number of aliphatic carboxylic acids is 1. The average Bonchev–Trinajstić information content (AvgIpc) is 3.26. The number of aliphatic hydroxyl groups excluding tert-OH is 1. The van der Waals surface area contributed by atoms with Gasteiger partial charge in [-0.1, -0.05) is 41.9 Å². The van der Waals surface area contributed by atoms with Crippen molar-refractivity contribution in [3.05, 3.63) is 70.9 Å². The topological polar surface area (TPSA) is 123 Å². The highest BCUT2D eigenvalue weighted by Gasteiger charge is 2.35. The number of carboxylic acid groups (broad SMARTS) is 1. The standard InChI is InChI=1S/C25H26ClN3O5/c26-18-6-7-19-17(13-18)14-20(27-19)23(31)28-22(21(30)12-15-4-2-1-3-5-15)24(32)29-10-8-16(9-11-29)25(33)34/h1-7,13-14,16,21-22,27,30H,8-12H2,(H,28,31)(H,33,34)/t21-,22+/m0/s1.